The van der Waals surface area contributed by atoms with Gasteiger partial charge in [0, 0.05) is 13.6 Å². The van der Waals surface area contributed by atoms with Gasteiger partial charge in [-0.2, -0.15) is 4.98 Å². The fourth-order valence-electron chi connectivity index (χ4n) is 2.48. The molecule has 1 aromatic heterocycles. The normalized spacial score (nSPS) is 15.5. The lowest BCUT2D eigenvalue weighted by Gasteiger charge is -2.12. The molecule has 0 bridgehead atoms. The third kappa shape index (κ3) is 3.10. The summed E-state index contributed by atoms with van der Waals surface area (Å²) < 4.78 is 0. The molecule has 0 spiro atoms. The van der Waals surface area contributed by atoms with Crippen molar-refractivity contribution in [3.05, 3.63) is 15.8 Å². The number of hydrogen-bond acceptors (Lipinski definition) is 6. The summed E-state index contributed by atoms with van der Waals surface area (Å²) in [4.78, 5) is 18.9. The van der Waals surface area contributed by atoms with Crippen LogP contribution >= 0.6 is 0 Å². The van der Waals surface area contributed by atoms with E-state index in [0.29, 0.717) is 23.4 Å². The summed E-state index contributed by atoms with van der Waals surface area (Å²) in [5, 5.41) is 17.0. The van der Waals surface area contributed by atoms with E-state index in [1.807, 2.05) is 0 Å². The average molecular weight is 265 g/mol. The van der Waals surface area contributed by atoms with Crippen molar-refractivity contribution in [1.82, 2.24) is 9.97 Å². The maximum Gasteiger partial charge on any atom is 0.332 e. The molecule has 0 aromatic carbocycles. The Kier molecular flexibility index (Phi) is 4.13. The van der Waals surface area contributed by atoms with Crippen LogP contribution in [0.25, 0.3) is 0 Å². The summed E-state index contributed by atoms with van der Waals surface area (Å²) in [6.45, 7) is 2.36. The van der Waals surface area contributed by atoms with Gasteiger partial charge in [-0.1, -0.05) is 12.8 Å². The van der Waals surface area contributed by atoms with Gasteiger partial charge in [0.2, 0.25) is 11.8 Å². The second kappa shape index (κ2) is 5.81. The Labute approximate surface area is 112 Å². The van der Waals surface area contributed by atoms with Gasteiger partial charge in [0.15, 0.2) is 0 Å². The van der Waals surface area contributed by atoms with Crippen LogP contribution in [0.3, 0.4) is 0 Å². The van der Waals surface area contributed by atoms with Crippen LogP contribution in [-0.4, -0.2) is 28.5 Å². The smallest absolute Gasteiger partial charge is 0.332 e. The minimum absolute atomic E-state index is 0.0306. The van der Waals surface area contributed by atoms with E-state index in [2.05, 4.69) is 20.6 Å². The quantitative estimate of drug-likeness (QED) is 0.627. The highest BCUT2D eigenvalue weighted by molar-refractivity contribution is 5.60. The largest absolute Gasteiger partial charge is 0.364 e. The van der Waals surface area contributed by atoms with Gasteiger partial charge in [0.05, 0.1) is 4.92 Å². The maximum atomic E-state index is 11.1. The van der Waals surface area contributed by atoms with Gasteiger partial charge >= 0.3 is 5.69 Å². The SMILES string of the molecule is CNc1nc(C)c([N+](=O)[O-])c(NCC2CCCC2)n1. The molecular formula is C12H19N5O2. The van der Waals surface area contributed by atoms with Crippen molar-refractivity contribution in [2.75, 3.05) is 24.2 Å². The predicted octanol–water partition coefficient (Wildman–Crippen LogP) is 2.34. The van der Waals surface area contributed by atoms with Crippen LogP contribution in [-0.2, 0) is 0 Å². The molecule has 1 aliphatic rings. The van der Waals surface area contributed by atoms with Crippen molar-refractivity contribution in [1.29, 1.82) is 0 Å². The lowest BCUT2D eigenvalue weighted by atomic mass is 10.1. The van der Waals surface area contributed by atoms with Crippen LogP contribution in [0.2, 0.25) is 0 Å². The summed E-state index contributed by atoms with van der Waals surface area (Å²) in [7, 11) is 1.70. The number of hydrogen-bond donors (Lipinski definition) is 2. The van der Waals surface area contributed by atoms with Crippen molar-refractivity contribution in [2.24, 2.45) is 5.92 Å². The molecule has 19 heavy (non-hydrogen) atoms. The lowest BCUT2D eigenvalue weighted by molar-refractivity contribution is -0.385. The monoisotopic (exact) mass is 265 g/mol. The third-order valence-corrected chi connectivity index (χ3v) is 3.50. The van der Waals surface area contributed by atoms with Gasteiger partial charge in [-0.25, -0.2) is 4.98 Å². The van der Waals surface area contributed by atoms with Crippen molar-refractivity contribution in [2.45, 2.75) is 32.6 Å². The second-order valence-corrected chi connectivity index (χ2v) is 4.87. The molecule has 0 radical (unpaired) electrons. The lowest BCUT2D eigenvalue weighted by Crippen LogP contribution is -2.15. The number of rotatable bonds is 5. The molecule has 1 saturated carbocycles. The minimum Gasteiger partial charge on any atom is -0.364 e. The topological polar surface area (TPSA) is 93.0 Å². The first-order valence-electron chi connectivity index (χ1n) is 6.56. The molecule has 7 heteroatoms. The van der Waals surface area contributed by atoms with E-state index in [0.717, 1.165) is 6.54 Å². The van der Waals surface area contributed by atoms with E-state index in [-0.39, 0.29) is 5.69 Å². The first kappa shape index (κ1) is 13.5. The summed E-state index contributed by atoms with van der Waals surface area (Å²) in [6.07, 6.45) is 4.87. The van der Waals surface area contributed by atoms with Crippen LogP contribution in [0.5, 0.6) is 0 Å². The zero-order valence-electron chi connectivity index (χ0n) is 11.3. The fourth-order valence-corrected chi connectivity index (χ4v) is 2.48. The summed E-state index contributed by atoms with van der Waals surface area (Å²) in [5.41, 5.74) is 0.343. The van der Waals surface area contributed by atoms with Crippen LogP contribution in [0.1, 0.15) is 31.4 Å². The average Bonchev–Trinajstić information content (AvgIpc) is 2.88. The molecule has 1 aliphatic carbocycles. The molecule has 0 aliphatic heterocycles. The van der Waals surface area contributed by atoms with E-state index < -0.39 is 4.92 Å². The molecule has 2 N–H and O–H groups in total. The molecule has 1 fully saturated rings. The van der Waals surface area contributed by atoms with Gasteiger partial charge in [-0.05, 0) is 25.7 Å². The molecule has 7 nitrogen and oxygen atoms in total. The molecular weight excluding hydrogens is 246 g/mol. The van der Waals surface area contributed by atoms with E-state index in [4.69, 9.17) is 0 Å². The molecule has 2 rings (SSSR count). The fraction of sp³-hybridized carbons (Fsp3) is 0.667. The Balaban J connectivity index is 2.20. The van der Waals surface area contributed by atoms with Crippen molar-refractivity contribution < 1.29 is 4.92 Å². The first-order valence-corrected chi connectivity index (χ1v) is 6.56. The third-order valence-electron chi connectivity index (χ3n) is 3.50. The Morgan fingerprint density at radius 1 is 1.37 bits per heavy atom. The van der Waals surface area contributed by atoms with Crippen LogP contribution in [0.15, 0.2) is 0 Å². The van der Waals surface area contributed by atoms with Crippen LogP contribution in [0, 0.1) is 23.0 Å². The molecule has 0 unspecified atom stereocenters. The van der Waals surface area contributed by atoms with Gasteiger partial charge in [-0.15, -0.1) is 0 Å². The predicted molar refractivity (Wildman–Crippen MR) is 73.4 cm³/mol. The second-order valence-electron chi connectivity index (χ2n) is 4.87. The number of aromatic nitrogens is 2. The van der Waals surface area contributed by atoms with E-state index in [9.17, 15) is 10.1 Å². The maximum absolute atomic E-state index is 11.1. The first-order chi connectivity index (χ1) is 9.11. The summed E-state index contributed by atoms with van der Waals surface area (Å²) in [6, 6.07) is 0. The van der Waals surface area contributed by atoms with Gasteiger partial charge < -0.3 is 10.6 Å². The van der Waals surface area contributed by atoms with E-state index in [1.165, 1.54) is 25.7 Å². The molecule has 0 amide bonds. The Morgan fingerprint density at radius 3 is 2.63 bits per heavy atom. The standard InChI is InChI=1S/C12H19N5O2/c1-8-10(17(18)19)11(16-12(13-2)15-8)14-7-9-5-3-4-6-9/h9H,3-7H2,1-2H3,(H2,13,14,15,16). The van der Waals surface area contributed by atoms with E-state index >= 15 is 0 Å². The highest BCUT2D eigenvalue weighted by atomic mass is 16.6. The molecule has 1 aromatic rings. The highest BCUT2D eigenvalue weighted by Crippen LogP contribution is 2.29. The Bertz CT molecular complexity index is 471. The van der Waals surface area contributed by atoms with Crippen molar-refractivity contribution in [3.63, 3.8) is 0 Å². The van der Waals surface area contributed by atoms with Gasteiger partial charge in [0.25, 0.3) is 0 Å². The summed E-state index contributed by atoms with van der Waals surface area (Å²) >= 11 is 0. The minimum atomic E-state index is -0.425. The summed E-state index contributed by atoms with van der Waals surface area (Å²) in [5.74, 6) is 1.30. The van der Waals surface area contributed by atoms with Crippen molar-refractivity contribution >= 4 is 17.5 Å². The zero-order chi connectivity index (χ0) is 13.8. The molecule has 0 atom stereocenters. The number of nitro groups is 1. The van der Waals surface area contributed by atoms with Crippen LogP contribution in [0.4, 0.5) is 17.5 Å². The number of aryl methyl sites for hydroxylation is 1. The van der Waals surface area contributed by atoms with E-state index in [1.54, 1.807) is 14.0 Å². The molecule has 104 valence electrons. The Morgan fingerprint density at radius 2 is 2.05 bits per heavy atom. The van der Waals surface area contributed by atoms with Crippen molar-refractivity contribution in [3.8, 4) is 0 Å². The number of nitrogens with one attached hydrogen (secondary N) is 2. The zero-order valence-corrected chi connectivity index (χ0v) is 11.3. The number of nitrogens with zero attached hydrogens (tertiary/aromatic N) is 3. The number of anilines is 2. The molecule has 0 saturated heterocycles. The highest BCUT2D eigenvalue weighted by Gasteiger charge is 2.23. The Hall–Kier alpha value is -1.92. The van der Waals surface area contributed by atoms with Gasteiger partial charge in [-0.3, -0.25) is 10.1 Å². The van der Waals surface area contributed by atoms with Gasteiger partial charge in [0.1, 0.15) is 5.69 Å². The van der Waals surface area contributed by atoms with Crippen LogP contribution < -0.4 is 10.6 Å². The molecule has 1 heterocycles.